The van der Waals surface area contributed by atoms with Crippen LogP contribution in [0.2, 0.25) is 0 Å². The van der Waals surface area contributed by atoms with E-state index in [2.05, 4.69) is 0 Å². The van der Waals surface area contributed by atoms with E-state index in [0.29, 0.717) is 30.9 Å². The molecule has 2 aromatic carbocycles. The first-order valence-corrected chi connectivity index (χ1v) is 11.4. The Morgan fingerprint density at radius 2 is 1.86 bits per heavy atom. The van der Waals surface area contributed by atoms with Crippen LogP contribution >= 0.6 is 0 Å². The van der Waals surface area contributed by atoms with Crippen LogP contribution in [0.15, 0.2) is 48.5 Å². The molecule has 0 spiro atoms. The van der Waals surface area contributed by atoms with Gasteiger partial charge in [0.25, 0.3) is 5.91 Å². The van der Waals surface area contributed by atoms with Crippen molar-refractivity contribution in [2.45, 2.75) is 12.5 Å². The largest absolute Gasteiger partial charge is 0.442 e. The molecule has 2 amide bonds. The monoisotopic (exact) mass is 506 g/mol. The first-order chi connectivity index (χ1) is 17.3. The Labute approximate surface area is 205 Å². The van der Waals surface area contributed by atoms with Crippen molar-refractivity contribution in [1.29, 1.82) is 0 Å². The van der Waals surface area contributed by atoms with Gasteiger partial charge in [-0.3, -0.25) is 19.3 Å². The first-order valence-electron chi connectivity index (χ1n) is 11.4. The van der Waals surface area contributed by atoms with Crippen LogP contribution in [0.1, 0.15) is 10.4 Å². The minimum Gasteiger partial charge on any atom is -0.442 e. The molecule has 9 nitrogen and oxygen atoms in total. The summed E-state index contributed by atoms with van der Waals surface area (Å²) in [5.41, 5.74) is 1.14. The number of anilines is 2. The predicted octanol–water partition coefficient (Wildman–Crippen LogP) is 2.47. The highest BCUT2D eigenvalue weighted by Crippen LogP contribution is 2.28. The Balaban J connectivity index is 1.34. The zero-order chi connectivity index (χ0) is 25.7. The van der Waals surface area contributed by atoms with Crippen molar-refractivity contribution >= 4 is 29.2 Å². The maximum absolute atomic E-state index is 15.0. The summed E-state index contributed by atoms with van der Waals surface area (Å²) >= 11 is 0. The van der Waals surface area contributed by atoms with Gasteiger partial charge >= 0.3 is 12.5 Å². The van der Waals surface area contributed by atoms with Crippen molar-refractivity contribution < 1.29 is 37.1 Å². The number of hydroxylamine groups is 2. The first kappa shape index (κ1) is 25.5. The van der Waals surface area contributed by atoms with Gasteiger partial charge in [-0.1, -0.05) is 30.3 Å². The number of hydrogen-bond acceptors (Lipinski definition) is 7. The number of amides is 2. The Bertz CT molecular complexity index is 1100. The molecule has 36 heavy (non-hydrogen) atoms. The van der Waals surface area contributed by atoms with E-state index in [4.69, 9.17) is 9.57 Å². The Kier molecular flexibility index (Phi) is 8.06. The number of halogens is 3. The highest BCUT2D eigenvalue weighted by molar-refractivity contribution is 5.97. The van der Waals surface area contributed by atoms with Crippen LogP contribution in [0, 0.1) is 5.82 Å². The van der Waals surface area contributed by atoms with E-state index in [1.807, 2.05) is 11.4 Å². The number of nitrogens with zero attached hydrogens (tertiary/aromatic N) is 3. The molecule has 4 rings (SSSR count). The van der Waals surface area contributed by atoms with Crippen LogP contribution in [0.5, 0.6) is 0 Å². The topological polar surface area (TPSA) is 91.4 Å². The number of hydrogen-bond donors (Lipinski definition) is 1. The second kappa shape index (κ2) is 11.4. The van der Waals surface area contributed by atoms with Crippen LogP contribution in [-0.2, 0) is 14.4 Å². The fourth-order valence-corrected chi connectivity index (χ4v) is 3.98. The third-order valence-corrected chi connectivity index (χ3v) is 5.83. The molecule has 192 valence electrons. The molecule has 0 radical (unpaired) electrons. The molecule has 1 unspecified atom stereocenters. The van der Waals surface area contributed by atoms with Crippen molar-refractivity contribution in [1.82, 2.24) is 10.4 Å². The number of cyclic esters (lactones) is 1. The van der Waals surface area contributed by atoms with E-state index >= 15 is 4.39 Å². The number of benzene rings is 2. The summed E-state index contributed by atoms with van der Waals surface area (Å²) in [4.78, 5) is 44.3. The van der Waals surface area contributed by atoms with Gasteiger partial charge in [-0.15, -0.1) is 0 Å². The van der Waals surface area contributed by atoms with Gasteiger partial charge in [0.05, 0.1) is 37.6 Å². The number of carbonyl (C=O) groups excluding carboxylic acids is 3. The smallest absolute Gasteiger partial charge is 0.414 e. The molecular formula is C24H25F3N4O5. The number of ketones is 1. The number of nitrogens with one attached hydrogen (secondary N) is 1. The van der Waals surface area contributed by atoms with Gasteiger partial charge in [0.2, 0.25) is 0 Å². The van der Waals surface area contributed by atoms with Crippen LogP contribution in [0.25, 0.3) is 0 Å². The standard InChI is InChI=1S/C24H25F3N4O5/c25-19-12-17(31-14-18(36-24(31)34)13-28-23(33)22(26)27)6-7-20(19)29-8-9-30(35-11-10-29)15-21(32)16-4-2-1-3-5-16/h1-7,12,18,22H,8-11,13-15H2,(H,28,33). The van der Waals surface area contributed by atoms with Crippen LogP contribution in [-0.4, -0.2) is 81.3 Å². The van der Waals surface area contributed by atoms with Gasteiger partial charge < -0.3 is 15.0 Å². The number of ether oxygens (including phenoxy) is 1. The molecule has 12 heteroatoms. The van der Waals surface area contributed by atoms with E-state index < -0.39 is 30.3 Å². The molecule has 0 aromatic heterocycles. The summed E-state index contributed by atoms with van der Waals surface area (Å²) in [7, 11) is 0. The second-order valence-corrected chi connectivity index (χ2v) is 8.27. The second-order valence-electron chi connectivity index (χ2n) is 8.27. The third-order valence-electron chi connectivity index (χ3n) is 5.83. The fourth-order valence-electron chi connectivity index (χ4n) is 3.98. The average Bonchev–Trinajstić information content (AvgIpc) is 3.09. The Morgan fingerprint density at radius 1 is 1.08 bits per heavy atom. The molecule has 2 heterocycles. The van der Waals surface area contributed by atoms with Crippen LogP contribution in [0.4, 0.5) is 29.3 Å². The molecule has 2 fully saturated rings. The van der Waals surface area contributed by atoms with Crippen molar-refractivity contribution in [3.63, 3.8) is 0 Å². The van der Waals surface area contributed by atoms with Gasteiger partial charge in [0.15, 0.2) is 5.78 Å². The molecule has 0 saturated carbocycles. The summed E-state index contributed by atoms with van der Waals surface area (Å²) in [6, 6.07) is 13.2. The molecule has 1 atom stereocenters. The van der Waals surface area contributed by atoms with Crippen molar-refractivity contribution in [3.05, 3.63) is 59.9 Å². The number of Topliss-reactive ketones (excluding diaryl/α,β-unsaturated/α-hetero) is 1. The van der Waals surface area contributed by atoms with Gasteiger partial charge in [-0.25, -0.2) is 9.18 Å². The van der Waals surface area contributed by atoms with Gasteiger partial charge in [0.1, 0.15) is 11.9 Å². The van der Waals surface area contributed by atoms with E-state index in [0.717, 1.165) is 0 Å². The number of alkyl halides is 2. The minimum absolute atomic E-state index is 0.0247. The highest BCUT2D eigenvalue weighted by atomic mass is 19.3. The maximum atomic E-state index is 15.0. The molecule has 2 aliphatic rings. The summed E-state index contributed by atoms with van der Waals surface area (Å²) in [6.07, 6.45) is -4.77. The fraction of sp³-hybridized carbons (Fsp3) is 0.375. The normalized spacial score (nSPS) is 18.8. The molecule has 2 aromatic rings. The lowest BCUT2D eigenvalue weighted by atomic mass is 10.1. The zero-order valence-corrected chi connectivity index (χ0v) is 19.2. The summed E-state index contributed by atoms with van der Waals surface area (Å²) in [6.45, 7) is 1.22. The quantitative estimate of drug-likeness (QED) is 0.550. The van der Waals surface area contributed by atoms with Gasteiger partial charge in [-0.2, -0.15) is 13.8 Å². The van der Waals surface area contributed by atoms with Crippen LogP contribution < -0.4 is 15.1 Å². The molecule has 1 N–H and O–H groups in total. The van der Waals surface area contributed by atoms with Crippen molar-refractivity contribution in [2.24, 2.45) is 0 Å². The van der Waals surface area contributed by atoms with E-state index in [1.54, 1.807) is 40.3 Å². The number of rotatable bonds is 8. The molecule has 0 aliphatic carbocycles. The van der Waals surface area contributed by atoms with E-state index in [1.165, 1.54) is 17.0 Å². The van der Waals surface area contributed by atoms with E-state index in [-0.39, 0.29) is 37.7 Å². The molecule has 2 saturated heterocycles. The average molecular weight is 506 g/mol. The Hall–Kier alpha value is -3.64. The predicted molar refractivity (Wildman–Crippen MR) is 124 cm³/mol. The summed E-state index contributed by atoms with van der Waals surface area (Å²) < 4.78 is 44.8. The van der Waals surface area contributed by atoms with Crippen LogP contribution in [0.3, 0.4) is 0 Å². The lowest BCUT2D eigenvalue weighted by molar-refractivity contribution is -0.139. The lowest BCUT2D eigenvalue weighted by Crippen LogP contribution is -2.37. The van der Waals surface area contributed by atoms with Crippen molar-refractivity contribution in [3.8, 4) is 0 Å². The van der Waals surface area contributed by atoms with Crippen molar-refractivity contribution in [2.75, 3.05) is 55.7 Å². The maximum Gasteiger partial charge on any atom is 0.414 e. The Morgan fingerprint density at radius 3 is 2.58 bits per heavy atom. The zero-order valence-electron chi connectivity index (χ0n) is 19.2. The summed E-state index contributed by atoms with van der Waals surface area (Å²) in [5, 5.41) is 3.56. The SMILES string of the molecule is O=C(CN1CCN(c2ccc(N3CC(CNC(=O)C(F)F)OC3=O)cc2F)CCO1)c1ccccc1. The van der Waals surface area contributed by atoms with Gasteiger partial charge in [-0.05, 0) is 18.2 Å². The molecule has 0 bridgehead atoms. The third kappa shape index (κ3) is 6.13. The summed E-state index contributed by atoms with van der Waals surface area (Å²) in [5.74, 6) is -2.10. The minimum atomic E-state index is -3.17. The highest BCUT2D eigenvalue weighted by Gasteiger charge is 2.33. The molecule has 2 aliphatic heterocycles. The van der Waals surface area contributed by atoms with Gasteiger partial charge in [0, 0.05) is 25.2 Å². The van der Waals surface area contributed by atoms with E-state index in [9.17, 15) is 23.2 Å². The molecular weight excluding hydrogens is 481 g/mol. The number of carbonyl (C=O) groups is 3. The lowest BCUT2D eigenvalue weighted by Gasteiger charge is -2.24.